The van der Waals surface area contributed by atoms with Gasteiger partial charge >= 0.3 is 0 Å². The molecule has 0 aliphatic carbocycles. The summed E-state index contributed by atoms with van der Waals surface area (Å²) < 4.78 is 5.75. The molecule has 112 valence electrons. The van der Waals surface area contributed by atoms with Crippen molar-refractivity contribution in [2.75, 3.05) is 33.3 Å². The predicted molar refractivity (Wildman–Crippen MR) is 85.7 cm³/mol. The van der Waals surface area contributed by atoms with Crippen LogP contribution in [0.2, 0.25) is 5.02 Å². The minimum atomic E-state index is 0.260. The molecule has 4 nitrogen and oxygen atoms in total. The van der Waals surface area contributed by atoms with Crippen molar-refractivity contribution in [1.82, 2.24) is 15.2 Å². The molecule has 0 radical (unpaired) electrons. The zero-order valence-corrected chi connectivity index (χ0v) is 12.9. The van der Waals surface area contributed by atoms with Crippen molar-refractivity contribution >= 4 is 22.5 Å². The number of halogens is 1. The first-order valence-electron chi connectivity index (χ1n) is 7.28. The van der Waals surface area contributed by atoms with E-state index in [0.29, 0.717) is 0 Å². The molecule has 0 saturated carbocycles. The Bertz CT molecular complexity index is 617. The molecule has 1 aliphatic rings. The lowest BCUT2D eigenvalue weighted by molar-refractivity contribution is -0.0290. The Morgan fingerprint density at radius 1 is 1.43 bits per heavy atom. The summed E-state index contributed by atoms with van der Waals surface area (Å²) in [6.45, 7) is 4.45. The SMILES string of the molecule is CNCC1CN(Cc2ccc(Cl)c3cccnc23)CCO1. The van der Waals surface area contributed by atoms with E-state index in [4.69, 9.17) is 16.3 Å². The highest BCUT2D eigenvalue weighted by molar-refractivity contribution is 6.35. The number of rotatable bonds is 4. The largest absolute Gasteiger partial charge is 0.374 e. The summed E-state index contributed by atoms with van der Waals surface area (Å²) in [7, 11) is 1.96. The number of fused-ring (bicyclic) bond motifs is 1. The molecular weight excluding hydrogens is 286 g/mol. The molecule has 1 unspecified atom stereocenters. The molecule has 2 aromatic rings. The average molecular weight is 306 g/mol. The molecule has 21 heavy (non-hydrogen) atoms. The number of pyridine rings is 1. The van der Waals surface area contributed by atoms with Gasteiger partial charge in [0.2, 0.25) is 0 Å². The summed E-state index contributed by atoms with van der Waals surface area (Å²) in [5.74, 6) is 0. The highest BCUT2D eigenvalue weighted by atomic mass is 35.5. The first-order valence-corrected chi connectivity index (χ1v) is 7.66. The van der Waals surface area contributed by atoms with Gasteiger partial charge in [-0.15, -0.1) is 0 Å². The van der Waals surface area contributed by atoms with Crippen molar-refractivity contribution in [3.05, 3.63) is 41.0 Å². The normalized spacial score (nSPS) is 20.0. The Morgan fingerprint density at radius 3 is 3.19 bits per heavy atom. The summed E-state index contributed by atoms with van der Waals surface area (Å²) in [5.41, 5.74) is 2.22. The van der Waals surface area contributed by atoms with Gasteiger partial charge in [-0.25, -0.2) is 0 Å². The smallest absolute Gasteiger partial charge is 0.0826 e. The third-order valence-electron chi connectivity index (χ3n) is 3.85. The summed E-state index contributed by atoms with van der Waals surface area (Å²) in [6, 6.07) is 8.00. The first-order chi connectivity index (χ1) is 10.3. The molecule has 1 fully saturated rings. The minimum absolute atomic E-state index is 0.260. The van der Waals surface area contributed by atoms with Crippen molar-refractivity contribution in [1.29, 1.82) is 0 Å². The van der Waals surface area contributed by atoms with Crippen LogP contribution in [0, 0.1) is 0 Å². The maximum absolute atomic E-state index is 6.25. The number of aromatic nitrogens is 1. The summed E-state index contributed by atoms with van der Waals surface area (Å²) >= 11 is 6.25. The van der Waals surface area contributed by atoms with Crippen LogP contribution in [0.25, 0.3) is 10.9 Å². The maximum atomic E-state index is 6.25. The standard InChI is InChI=1S/C16H20ClN3O/c1-18-9-13-11-20(7-8-21-13)10-12-4-5-15(17)14-3-2-6-19-16(12)14/h2-6,13,18H,7-11H2,1H3. The quantitative estimate of drug-likeness (QED) is 0.940. The molecule has 1 atom stereocenters. The zero-order valence-electron chi connectivity index (χ0n) is 12.2. The number of nitrogens with zero attached hydrogens (tertiary/aromatic N) is 2. The Kier molecular flexibility index (Phi) is 4.70. The number of morpholine rings is 1. The van der Waals surface area contributed by atoms with E-state index in [2.05, 4.69) is 21.3 Å². The average Bonchev–Trinajstić information content (AvgIpc) is 2.51. The topological polar surface area (TPSA) is 37.4 Å². The third-order valence-corrected chi connectivity index (χ3v) is 4.18. The van der Waals surface area contributed by atoms with Crippen molar-refractivity contribution in [2.24, 2.45) is 0 Å². The highest BCUT2D eigenvalue weighted by Crippen LogP contribution is 2.26. The van der Waals surface area contributed by atoms with E-state index in [1.165, 1.54) is 5.56 Å². The Balaban J connectivity index is 1.80. The molecule has 1 saturated heterocycles. The van der Waals surface area contributed by atoms with Crippen molar-refractivity contribution in [3.8, 4) is 0 Å². The first kappa shape index (κ1) is 14.7. The van der Waals surface area contributed by atoms with Crippen LogP contribution in [-0.2, 0) is 11.3 Å². The lowest BCUT2D eigenvalue weighted by Crippen LogP contribution is -2.45. The molecular formula is C16H20ClN3O. The molecule has 1 aromatic heterocycles. The molecule has 1 N–H and O–H groups in total. The van der Waals surface area contributed by atoms with Crippen LogP contribution in [0.3, 0.4) is 0 Å². The minimum Gasteiger partial charge on any atom is -0.374 e. The molecule has 1 aliphatic heterocycles. The lowest BCUT2D eigenvalue weighted by Gasteiger charge is -2.33. The third kappa shape index (κ3) is 3.35. The van der Waals surface area contributed by atoms with E-state index in [0.717, 1.165) is 48.7 Å². The lowest BCUT2D eigenvalue weighted by atomic mass is 10.1. The van der Waals surface area contributed by atoms with Crippen LogP contribution in [0.1, 0.15) is 5.56 Å². The van der Waals surface area contributed by atoms with Crippen LogP contribution in [0.4, 0.5) is 0 Å². The van der Waals surface area contributed by atoms with Gasteiger partial charge in [0, 0.05) is 42.8 Å². The van der Waals surface area contributed by atoms with E-state index < -0.39 is 0 Å². The molecule has 3 rings (SSSR count). The highest BCUT2D eigenvalue weighted by Gasteiger charge is 2.20. The van der Waals surface area contributed by atoms with Gasteiger partial charge in [0.1, 0.15) is 0 Å². The molecule has 0 bridgehead atoms. The molecule has 0 spiro atoms. The van der Waals surface area contributed by atoms with Crippen LogP contribution in [0.5, 0.6) is 0 Å². The van der Waals surface area contributed by atoms with E-state index in [-0.39, 0.29) is 6.10 Å². The van der Waals surface area contributed by atoms with Crippen molar-refractivity contribution in [3.63, 3.8) is 0 Å². The summed E-state index contributed by atoms with van der Waals surface area (Å²) in [6.07, 6.45) is 2.08. The number of nitrogens with one attached hydrogen (secondary N) is 1. The molecule has 5 heteroatoms. The van der Waals surface area contributed by atoms with Gasteiger partial charge in [0.15, 0.2) is 0 Å². The van der Waals surface area contributed by atoms with Gasteiger partial charge in [-0.3, -0.25) is 9.88 Å². The number of ether oxygens (including phenoxy) is 1. The van der Waals surface area contributed by atoms with Crippen molar-refractivity contribution in [2.45, 2.75) is 12.6 Å². The van der Waals surface area contributed by atoms with Gasteiger partial charge in [0.05, 0.1) is 18.2 Å². The number of hydrogen-bond acceptors (Lipinski definition) is 4. The van der Waals surface area contributed by atoms with Gasteiger partial charge in [0.25, 0.3) is 0 Å². The monoisotopic (exact) mass is 305 g/mol. The Hall–Kier alpha value is -1.20. The predicted octanol–water partition coefficient (Wildman–Crippen LogP) is 2.31. The number of benzene rings is 1. The van der Waals surface area contributed by atoms with Crippen LogP contribution in [0.15, 0.2) is 30.5 Å². The number of likely N-dealkylation sites (N-methyl/N-ethyl adjacent to an activating group) is 1. The van der Waals surface area contributed by atoms with Gasteiger partial charge in [-0.05, 0) is 30.8 Å². The molecule has 1 aromatic carbocycles. The van der Waals surface area contributed by atoms with Gasteiger partial charge in [-0.1, -0.05) is 17.7 Å². The van der Waals surface area contributed by atoms with E-state index in [9.17, 15) is 0 Å². The van der Waals surface area contributed by atoms with Crippen LogP contribution in [-0.4, -0.2) is 49.3 Å². The van der Waals surface area contributed by atoms with E-state index >= 15 is 0 Å². The second kappa shape index (κ2) is 6.71. The fourth-order valence-electron chi connectivity index (χ4n) is 2.84. The Morgan fingerprint density at radius 2 is 2.33 bits per heavy atom. The molecule has 0 amide bonds. The Labute approximate surface area is 130 Å². The zero-order chi connectivity index (χ0) is 14.7. The second-order valence-electron chi connectivity index (χ2n) is 5.39. The maximum Gasteiger partial charge on any atom is 0.0826 e. The summed E-state index contributed by atoms with van der Waals surface area (Å²) in [5, 5.41) is 4.96. The van der Waals surface area contributed by atoms with Crippen LogP contribution < -0.4 is 5.32 Å². The van der Waals surface area contributed by atoms with Gasteiger partial charge in [-0.2, -0.15) is 0 Å². The number of hydrogen-bond donors (Lipinski definition) is 1. The molecule has 2 heterocycles. The van der Waals surface area contributed by atoms with E-state index in [1.54, 1.807) is 0 Å². The van der Waals surface area contributed by atoms with E-state index in [1.807, 2.05) is 31.4 Å². The van der Waals surface area contributed by atoms with Gasteiger partial charge < -0.3 is 10.1 Å². The fraction of sp³-hybridized carbons (Fsp3) is 0.438. The fourth-order valence-corrected chi connectivity index (χ4v) is 3.06. The second-order valence-corrected chi connectivity index (χ2v) is 5.80. The summed E-state index contributed by atoms with van der Waals surface area (Å²) in [4.78, 5) is 6.93. The van der Waals surface area contributed by atoms with Crippen LogP contribution >= 0.6 is 11.6 Å². The van der Waals surface area contributed by atoms with Crippen molar-refractivity contribution < 1.29 is 4.74 Å².